The Morgan fingerprint density at radius 1 is 0.471 bits per heavy atom. The average molecular weight is 525 g/mol. The zero-order valence-electron chi connectivity index (χ0n) is 21.8. The molecule has 3 aromatic rings. The smallest absolute Gasteiger partial charge is 0.412 e. The average Bonchev–Trinajstić information content (AvgIpc) is 2.80. The van der Waals surface area contributed by atoms with E-state index in [0.717, 1.165) is 12.5 Å². The molecule has 0 aliphatic rings. The van der Waals surface area contributed by atoms with Gasteiger partial charge in [0.2, 0.25) is 25.0 Å². The van der Waals surface area contributed by atoms with Crippen LogP contribution in [-0.4, -0.2) is 33.8 Å². The molecule has 0 saturated carbocycles. The molecule has 0 bridgehead atoms. The highest BCUT2D eigenvalue weighted by molar-refractivity contribution is 6.98. The highest BCUT2D eigenvalue weighted by Gasteiger charge is 2.53. The molecule has 7 heteroatoms. The van der Waals surface area contributed by atoms with Crippen LogP contribution < -0.4 is 15.6 Å². The van der Waals surface area contributed by atoms with Crippen molar-refractivity contribution in [3.8, 4) is 0 Å². The standard InChI is InChI=1S/C27H40O3Si4/c1-8-24-34(28-31(2,3)25-18-12-9-13-19-25,29-32(4,5)26-20-14-10-15-21-26)30-33(6,7)27-22-16-11-17-23-27/h9-23H,8,24H2,1-7H3. The molecule has 0 atom stereocenters. The van der Waals surface area contributed by atoms with E-state index >= 15 is 0 Å². The van der Waals surface area contributed by atoms with E-state index in [1.807, 2.05) is 0 Å². The molecule has 0 unspecified atom stereocenters. The second-order valence-electron chi connectivity index (χ2n) is 10.4. The fraction of sp³-hybridized carbons (Fsp3) is 0.333. The molecule has 0 heterocycles. The molecule has 3 nitrogen and oxygen atoms in total. The van der Waals surface area contributed by atoms with Crippen LogP contribution in [-0.2, 0) is 12.3 Å². The zero-order valence-corrected chi connectivity index (χ0v) is 25.8. The molecule has 0 spiro atoms. The third-order valence-corrected chi connectivity index (χ3v) is 22.3. The van der Waals surface area contributed by atoms with Gasteiger partial charge in [0.05, 0.1) is 0 Å². The lowest BCUT2D eigenvalue weighted by atomic mass is 10.4. The Balaban J connectivity index is 2.07. The van der Waals surface area contributed by atoms with Crippen LogP contribution >= 0.6 is 0 Å². The molecule has 0 saturated heterocycles. The Morgan fingerprint density at radius 2 is 0.735 bits per heavy atom. The molecule has 0 amide bonds. The van der Waals surface area contributed by atoms with E-state index in [0.29, 0.717) is 0 Å². The summed E-state index contributed by atoms with van der Waals surface area (Å²) >= 11 is 0. The predicted molar refractivity (Wildman–Crippen MR) is 155 cm³/mol. The number of benzene rings is 3. The maximum Gasteiger partial charge on any atom is 0.470 e. The van der Waals surface area contributed by atoms with Crippen molar-refractivity contribution in [2.24, 2.45) is 0 Å². The molecule has 182 valence electrons. The molecule has 0 aliphatic heterocycles. The van der Waals surface area contributed by atoms with Crippen molar-refractivity contribution in [2.45, 2.75) is 58.7 Å². The van der Waals surface area contributed by atoms with Gasteiger partial charge in [-0.05, 0) is 54.8 Å². The predicted octanol–water partition coefficient (Wildman–Crippen LogP) is 5.72. The van der Waals surface area contributed by atoms with E-state index in [9.17, 15) is 0 Å². The molecule has 0 fully saturated rings. The van der Waals surface area contributed by atoms with Crippen LogP contribution in [0.4, 0.5) is 0 Å². The Morgan fingerprint density at radius 3 is 0.971 bits per heavy atom. The van der Waals surface area contributed by atoms with Crippen molar-refractivity contribution in [3.05, 3.63) is 91.0 Å². The van der Waals surface area contributed by atoms with Crippen molar-refractivity contribution >= 4 is 49.3 Å². The third-order valence-electron chi connectivity index (χ3n) is 6.20. The molecular weight excluding hydrogens is 485 g/mol. The largest absolute Gasteiger partial charge is 0.470 e. The van der Waals surface area contributed by atoms with Gasteiger partial charge in [0, 0.05) is 6.04 Å². The quantitative estimate of drug-likeness (QED) is 0.300. The fourth-order valence-corrected chi connectivity index (χ4v) is 21.6. The number of hydrogen-bond acceptors (Lipinski definition) is 3. The van der Waals surface area contributed by atoms with E-state index in [2.05, 4.69) is 137 Å². The van der Waals surface area contributed by atoms with E-state index in [4.69, 9.17) is 12.3 Å². The van der Waals surface area contributed by atoms with E-state index in [1.54, 1.807) is 0 Å². The fourth-order valence-electron chi connectivity index (χ4n) is 4.38. The van der Waals surface area contributed by atoms with E-state index in [-0.39, 0.29) is 0 Å². The minimum Gasteiger partial charge on any atom is -0.412 e. The number of hydrogen-bond donors (Lipinski definition) is 0. The lowest BCUT2D eigenvalue weighted by Crippen LogP contribution is -2.67. The van der Waals surface area contributed by atoms with Gasteiger partial charge in [-0.1, -0.05) is 104 Å². The Bertz CT molecular complexity index is 896. The maximum absolute atomic E-state index is 7.27. The molecular formula is C27H40O3Si4. The molecule has 3 aromatic carbocycles. The Labute approximate surface area is 210 Å². The van der Waals surface area contributed by atoms with Gasteiger partial charge in [-0.2, -0.15) is 0 Å². The van der Waals surface area contributed by atoms with Gasteiger partial charge in [-0.3, -0.25) is 0 Å². The molecule has 0 aromatic heterocycles. The monoisotopic (exact) mass is 524 g/mol. The summed E-state index contributed by atoms with van der Waals surface area (Å²) in [6.07, 6.45) is 0.962. The van der Waals surface area contributed by atoms with Gasteiger partial charge in [-0.25, -0.2) is 0 Å². The van der Waals surface area contributed by atoms with Crippen LogP contribution in [0.25, 0.3) is 0 Å². The summed E-state index contributed by atoms with van der Waals surface area (Å²) < 4.78 is 21.8. The summed E-state index contributed by atoms with van der Waals surface area (Å²) in [5, 5.41) is 3.82. The van der Waals surface area contributed by atoms with Gasteiger partial charge in [-0.15, -0.1) is 0 Å². The first-order valence-corrected chi connectivity index (χ1v) is 22.9. The highest BCUT2D eigenvalue weighted by Crippen LogP contribution is 2.30. The van der Waals surface area contributed by atoms with Gasteiger partial charge in [0.25, 0.3) is 0 Å². The number of rotatable bonds is 11. The van der Waals surface area contributed by atoms with Crippen LogP contribution in [0, 0.1) is 0 Å². The summed E-state index contributed by atoms with van der Waals surface area (Å²) in [6.45, 7) is 15.9. The minimum absolute atomic E-state index is 0.822. The summed E-state index contributed by atoms with van der Waals surface area (Å²) in [5.74, 6) is 0. The van der Waals surface area contributed by atoms with Crippen molar-refractivity contribution < 1.29 is 12.3 Å². The summed E-state index contributed by atoms with van der Waals surface area (Å²) in [5.41, 5.74) is 0. The summed E-state index contributed by atoms with van der Waals surface area (Å²) in [6, 6.07) is 32.8. The summed E-state index contributed by atoms with van der Waals surface area (Å²) in [7, 11) is -9.96. The third kappa shape index (κ3) is 6.75. The van der Waals surface area contributed by atoms with Crippen LogP contribution in [0.15, 0.2) is 91.0 Å². The second kappa shape index (κ2) is 11.0. The van der Waals surface area contributed by atoms with Gasteiger partial charge < -0.3 is 12.3 Å². The van der Waals surface area contributed by atoms with Gasteiger partial charge in [0.1, 0.15) is 0 Å². The first kappa shape index (κ1) is 27.0. The Kier molecular flexibility index (Phi) is 8.73. The molecule has 0 aliphatic carbocycles. The second-order valence-corrected chi connectivity index (χ2v) is 25.5. The molecule has 0 N–H and O–H groups in total. The normalized spacial score (nSPS) is 13.1. The van der Waals surface area contributed by atoms with Gasteiger partial charge >= 0.3 is 8.80 Å². The van der Waals surface area contributed by atoms with Crippen LogP contribution in [0.2, 0.25) is 45.3 Å². The van der Waals surface area contributed by atoms with Gasteiger partial charge in [0.15, 0.2) is 0 Å². The van der Waals surface area contributed by atoms with Crippen molar-refractivity contribution in [1.29, 1.82) is 0 Å². The van der Waals surface area contributed by atoms with Crippen molar-refractivity contribution in [3.63, 3.8) is 0 Å². The SMILES string of the molecule is CCC[Si](O[Si](C)(C)c1ccccc1)(O[Si](C)(C)c1ccccc1)O[Si](C)(C)c1ccccc1. The molecule has 0 radical (unpaired) electrons. The van der Waals surface area contributed by atoms with E-state index < -0.39 is 33.8 Å². The maximum atomic E-state index is 7.27. The van der Waals surface area contributed by atoms with Crippen molar-refractivity contribution in [1.82, 2.24) is 0 Å². The molecule has 3 rings (SSSR count). The van der Waals surface area contributed by atoms with Crippen LogP contribution in [0.3, 0.4) is 0 Å². The highest BCUT2D eigenvalue weighted by atomic mass is 28.5. The Hall–Kier alpha value is -1.59. The first-order chi connectivity index (χ1) is 16.0. The van der Waals surface area contributed by atoms with Crippen molar-refractivity contribution in [2.75, 3.05) is 0 Å². The van der Waals surface area contributed by atoms with Crippen LogP contribution in [0.5, 0.6) is 0 Å². The van der Waals surface area contributed by atoms with E-state index in [1.165, 1.54) is 15.6 Å². The lowest BCUT2D eigenvalue weighted by Gasteiger charge is -2.45. The first-order valence-electron chi connectivity index (χ1n) is 12.3. The zero-order chi connectivity index (χ0) is 24.9. The van der Waals surface area contributed by atoms with Crippen LogP contribution in [0.1, 0.15) is 13.3 Å². The molecule has 34 heavy (non-hydrogen) atoms. The topological polar surface area (TPSA) is 27.7 Å². The summed E-state index contributed by atoms with van der Waals surface area (Å²) in [4.78, 5) is 0. The minimum atomic E-state index is -3.06. The lowest BCUT2D eigenvalue weighted by molar-refractivity contribution is 0.256.